The average molecular weight is 289 g/mol. The van der Waals surface area contributed by atoms with Crippen LogP contribution in [-0.2, 0) is 4.79 Å². The molecule has 2 heterocycles. The SMILES string of the molecule is O=C([C@@H]1CCCNC1)N1CCN(c2ccccc2O)CC1. The molecular weight excluding hydrogens is 266 g/mol. The number of piperidine rings is 1. The van der Waals surface area contributed by atoms with Crippen LogP contribution in [0, 0.1) is 5.92 Å². The number of carbonyl (C=O) groups excluding carboxylic acids is 1. The Kier molecular flexibility index (Phi) is 4.29. The molecule has 0 radical (unpaired) electrons. The molecule has 1 aromatic carbocycles. The van der Waals surface area contributed by atoms with Crippen LogP contribution >= 0.6 is 0 Å². The number of hydrogen-bond acceptors (Lipinski definition) is 4. The first-order valence-corrected chi connectivity index (χ1v) is 7.78. The fraction of sp³-hybridized carbons (Fsp3) is 0.562. The summed E-state index contributed by atoms with van der Waals surface area (Å²) in [6.45, 7) is 4.89. The van der Waals surface area contributed by atoms with E-state index in [1.54, 1.807) is 6.07 Å². The second-order valence-electron chi connectivity index (χ2n) is 5.84. The molecule has 2 aliphatic heterocycles. The van der Waals surface area contributed by atoms with Crippen molar-refractivity contribution < 1.29 is 9.90 Å². The second kappa shape index (κ2) is 6.35. The average Bonchev–Trinajstić information content (AvgIpc) is 2.56. The molecule has 0 aromatic heterocycles. The second-order valence-corrected chi connectivity index (χ2v) is 5.84. The number of nitrogens with one attached hydrogen (secondary N) is 1. The van der Waals surface area contributed by atoms with E-state index >= 15 is 0 Å². The number of para-hydroxylation sites is 2. The normalized spacial score (nSPS) is 23.1. The van der Waals surface area contributed by atoms with Crippen molar-refractivity contribution in [2.45, 2.75) is 12.8 Å². The topological polar surface area (TPSA) is 55.8 Å². The van der Waals surface area contributed by atoms with Crippen LogP contribution in [0.4, 0.5) is 5.69 Å². The molecule has 5 nitrogen and oxygen atoms in total. The number of amides is 1. The van der Waals surface area contributed by atoms with Crippen molar-refractivity contribution in [1.82, 2.24) is 10.2 Å². The van der Waals surface area contributed by atoms with Gasteiger partial charge in [-0.2, -0.15) is 0 Å². The minimum atomic E-state index is 0.149. The van der Waals surface area contributed by atoms with Crippen molar-refractivity contribution in [3.05, 3.63) is 24.3 Å². The molecule has 21 heavy (non-hydrogen) atoms. The van der Waals surface area contributed by atoms with Gasteiger partial charge in [0.25, 0.3) is 0 Å². The number of anilines is 1. The number of rotatable bonds is 2. The molecule has 1 amide bonds. The minimum absolute atomic E-state index is 0.149. The van der Waals surface area contributed by atoms with Crippen molar-refractivity contribution in [2.75, 3.05) is 44.2 Å². The number of hydrogen-bond donors (Lipinski definition) is 2. The van der Waals surface area contributed by atoms with Crippen molar-refractivity contribution in [1.29, 1.82) is 0 Å². The fourth-order valence-corrected chi connectivity index (χ4v) is 3.22. The van der Waals surface area contributed by atoms with E-state index in [0.29, 0.717) is 11.7 Å². The Balaban J connectivity index is 1.57. The lowest BCUT2D eigenvalue weighted by molar-refractivity contribution is -0.136. The zero-order valence-corrected chi connectivity index (χ0v) is 12.3. The molecule has 2 aliphatic rings. The monoisotopic (exact) mass is 289 g/mol. The van der Waals surface area contributed by atoms with Crippen molar-refractivity contribution in [3.63, 3.8) is 0 Å². The summed E-state index contributed by atoms with van der Waals surface area (Å²) in [5.41, 5.74) is 0.865. The highest BCUT2D eigenvalue weighted by molar-refractivity contribution is 5.79. The summed E-state index contributed by atoms with van der Waals surface area (Å²) >= 11 is 0. The summed E-state index contributed by atoms with van der Waals surface area (Å²) in [5, 5.41) is 13.2. The summed E-state index contributed by atoms with van der Waals surface area (Å²) in [6.07, 6.45) is 2.10. The largest absolute Gasteiger partial charge is 0.506 e. The third-order valence-electron chi connectivity index (χ3n) is 4.46. The van der Waals surface area contributed by atoms with E-state index in [-0.39, 0.29) is 5.92 Å². The van der Waals surface area contributed by atoms with E-state index < -0.39 is 0 Å². The number of carbonyl (C=O) groups is 1. The Hall–Kier alpha value is -1.75. The molecule has 1 aromatic rings. The Bertz CT molecular complexity index is 492. The van der Waals surface area contributed by atoms with Gasteiger partial charge in [-0.15, -0.1) is 0 Å². The number of phenolic OH excluding ortho intramolecular Hbond substituents is 1. The molecule has 0 saturated carbocycles. The third-order valence-corrected chi connectivity index (χ3v) is 4.46. The van der Waals surface area contributed by atoms with Gasteiger partial charge < -0.3 is 20.2 Å². The number of piperazine rings is 1. The van der Waals surface area contributed by atoms with E-state index in [1.807, 2.05) is 23.1 Å². The minimum Gasteiger partial charge on any atom is -0.506 e. The van der Waals surface area contributed by atoms with E-state index in [1.165, 1.54) is 0 Å². The highest BCUT2D eigenvalue weighted by atomic mass is 16.3. The standard InChI is InChI=1S/C16H23N3O2/c20-15-6-2-1-5-14(15)18-8-10-19(11-9-18)16(21)13-4-3-7-17-12-13/h1-2,5-6,13,17,20H,3-4,7-12H2/t13-/m1/s1. The van der Waals surface area contributed by atoms with Crippen LogP contribution < -0.4 is 10.2 Å². The lowest BCUT2D eigenvalue weighted by Gasteiger charge is -2.38. The van der Waals surface area contributed by atoms with Crippen LogP contribution in [0.25, 0.3) is 0 Å². The number of aromatic hydroxyl groups is 1. The van der Waals surface area contributed by atoms with Crippen LogP contribution in [0.15, 0.2) is 24.3 Å². The predicted octanol–water partition coefficient (Wildman–Crippen LogP) is 1.04. The maximum absolute atomic E-state index is 12.5. The van der Waals surface area contributed by atoms with E-state index in [9.17, 15) is 9.90 Å². The predicted molar refractivity (Wildman–Crippen MR) is 82.5 cm³/mol. The number of benzene rings is 1. The van der Waals surface area contributed by atoms with Gasteiger partial charge in [-0.1, -0.05) is 12.1 Å². The molecule has 2 saturated heterocycles. The van der Waals surface area contributed by atoms with Crippen LogP contribution in [0.1, 0.15) is 12.8 Å². The van der Waals surface area contributed by atoms with Crippen LogP contribution in [0.2, 0.25) is 0 Å². The Morgan fingerprint density at radius 3 is 2.62 bits per heavy atom. The summed E-state index contributed by atoms with van der Waals surface area (Å²) in [6, 6.07) is 7.40. The molecule has 2 fully saturated rings. The Morgan fingerprint density at radius 1 is 1.19 bits per heavy atom. The van der Waals surface area contributed by atoms with Gasteiger partial charge in [-0.05, 0) is 31.5 Å². The lowest BCUT2D eigenvalue weighted by Crippen LogP contribution is -2.52. The molecule has 0 aliphatic carbocycles. The highest BCUT2D eigenvalue weighted by Gasteiger charge is 2.28. The third kappa shape index (κ3) is 3.13. The molecule has 1 atom stereocenters. The van der Waals surface area contributed by atoms with E-state index in [0.717, 1.165) is 57.8 Å². The van der Waals surface area contributed by atoms with Crippen molar-refractivity contribution in [3.8, 4) is 5.75 Å². The molecule has 114 valence electrons. The van der Waals surface area contributed by atoms with Gasteiger partial charge in [-0.25, -0.2) is 0 Å². The Labute approximate surface area is 125 Å². The highest BCUT2D eigenvalue weighted by Crippen LogP contribution is 2.27. The summed E-state index contributed by atoms with van der Waals surface area (Å²) in [5.74, 6) is 0.753. The fourth-order valence-electron chi connectivity index (χ4n) is 3.22. The molecule has 0 spiro atoms. The number of nitrogens with zero attached hydrogens (tertiary/aromatic N) is 2. The van der Waals surface area contributed by atoms with Gasteiger partial charge in [0.15, 0.2) is 0 Å². The molecule has 2 N–H and O–H groups in total. The van der Waals surface area contributed by atoms with Gasteiger partial charge in [-0.3, -0.25) is 4.79 Å². The molecule has 5 heteroatoms. The first kappa shape index (κ1) is 14.2. The smallest absolute Gasteiger partial charge is 0.227 e. The first-order valence-electron chi connectivity index (χ1n) is 7.78. The molecule has 0 unspecified atom stereocenters. The van der Waals surface area contributed by atoms with Crippen LogP contribution in [0.3, 0.4) is 0 Å². The van der Waals surface area contributed by atoms with Gasteiger partial charge >= 0.3 is 0 Å². The lowest BCUT2D eigenvalue weighted by atomic mass is 9.98. The molecule has 0 bridgehead atoms. The Morgan fingerprint density at radius 2 is 1.95 bits per heavy atom. The van der Waals surface area contributed by atoms with Gasteiger partial charge in [0.05, 0.1) is 11.6 Å². The summed E-state index contributed by atoms with van der Waals surface area (Å²) in [7, 11) is 0. The molecular formula is C16H23N3O2. The van der Waals surface area contributed by atoms with Crippen LogP contribution in [-0.4, -0.2) is 55.2 Å². The summed E-state index contributed by atoms with van der Waals surface area (Å²) < 4.78 is 0. The summed E-state index contributed by atoms with van der Waals surface area (Å²) in [4.78, 5) is 16.6. The quantitative estimate of drug-likeness (QED) is 0.854. The maximum Gasteiger partial charge on any atom is 0.227 e. The maximum atomic E-state index is 12.5. The van der Waals surface area contributed by atoms with E-state index in [2.05, 4.69) is 10.2 Å². The van der Waals surface area contributed by atoms with Crippen molar-refractivity contribution >= 4 is 11.6 Å². The number of phenols is 1. The van der Waals surface area contributed by atoms with Gasteiger partial charge in [0.2, 0.25) is 5.91 Å². The van der Waals surface area contributed by atoms with E-state index in [4.69, 9.17) is 0 Å². The zero-order chi connectivity index (χ0) is 14.7. The van der Waals surface area contributed by atoms with Gasteiger partial charge in [0, 0.05) is 32.7 Å². The van der Waals surface area contributed by atoms with Crippen molar-refractivity contribution in [2.24, 2.45) is 5.92 Å². The molecule has 3 rings (SSSR count). The van der Waals surface area contributed by atoms with Crippen LogP contribution in [0.5, 0.6) is 5.75 Å². The van der Waals surface area contributed by atoms with Gasteiger partial charge in [0.1, 0.15) is 5.75 Å². The zero-order valence-electron chi connectivity index (χ0n) is 12.3. The first-order chi connectivity index (χ1) is 10.3.